The Labute approximate surface area is 111 Å². The van der Waals surface area contributed by atoms with Gasteiger partial charge in [-0.05, 0) is 17.7 Å². The van der Waals surface area contributed by atoms with Crippen LogP contribution in [0.25, 0.3) is 0 Å². The Morgan fingerprint density at radius 3 is 2.65 bits per heavy atom. The van der Waals surface area contributed by atoms with Crippen LogP contribution in [0.5, 0.6) is 0 Å². The highest BCUT2D eigenvalue weighted by atomic mass is 19.4. The van der Waals surface area contributed by atoms with Crippen molar-refractivity contribution < 1.29 is 23.1 Å². The molecule has 0 amide bonds. The molecule has 2 rings (SSSR count). The van der Waals surface area contributed by atoms with Crippen molar-refractivity contribution in [3.8, 4) is 0 Å². The molecular weight excluding hydrogens is 275 g/mol. The monoisotopic (exact) mass is 285 g/mol. The second kappa shape index (κ2) is 4.87. The molecule has 0 radical (unpaired) electrons. The number of anilines is 1. The minimum Gasteiger partial charge on any atom is -0.477 e. The van der Waals surface area contributed by atoms with Crippen LogP contribution in [-0.2, 0) is 12.7 Å². The number of hydrogen-bond acceptors (Lipinski definition) is 3. The first-order chi connectivity index (χ1) is 9.29. The number of carboxylic acid groups (broad SMARTS) is 1. The lowest BCUT2D eigenvalue weighted by atomic mass is 10.1. The van der Waals surface area contributed by atoms with Gasteiger partial charge in [0.05, 0.1) is 18.3 Å². The molecular formula is C12H10F3N3O2. The third-order valence-corrected chi connectivity index (χ3v) is 2.70. The van der Waals surface area contributed by atoms with Crippen molar-refractivity contribution in [2.24, 2.45) is 0 Å². The maximum Gasteiger partial charge on any atom is 0.416 e. The Morgan fingerprint density at radius 2 is 2.10 bits per heavy atom. The number of nitrogen functional groups attached to an aromatic ring is 1. The van der Waals surface area contributed by atoms with E-state index in [0.717, 1.165) is 23.0 Å². The van der Waals surface area contributed by atoms with Crippen molar-refractivity contribution in [2.75, 3.05) is 5.73 Å². The summed E-state index contributed by atoms with van der Waals surface area (Å²) >= 11 is 0. The molecule has 0 spiro atoms. The summed E-state index contributed by atoms with van der Waals surface area (Å²) in [6, 6.07) is 4.69. The van der Waals surface area contributed by atoms with Crippen LogP contribution in [0.15, 0.2) is 30.5 Å². The fraction of sp³-hybridized carbons (Fsp3) is 0.167. The average molecular weight is 285 g/mol. The molecule has 0 aliphatic carbocycles. The number of nitrogens with zero attached hydrogens (tertiary/aromatic N) is 2. The number of aromatic carboxylic acids is 1. The highest BCUT2D eigenvalue weighted by Crippen LogP contribution is 2.29. The summed E-state index contributed by atoms with van der Waals surface area (Å²) in [5.74, 6) is -1.34. The maximum atomic E-state index is 12.6. The van der Waals surface area contributed by atoms with Gasteiger partial charge in [0.2, 0.25) is 0 Å². The van der Waals surface area contributed by atoms with Gasteiger partial charge in [0.15, 0.2) is 0 Å². The van der Waals surface area contributed by atoms with E-state index in [4.69, 9.17) is 10.8 Å². The first-order valence-electron chi connectivity index (χ1n) is 5.49. The second-order valence-electron chi connectivity index (χ2n) is 4.10. The zero-order valence-corrected chi connectivity index (χ0v) is 10.1. The number of rotatable bonds is 3. The van der Waals surface area contributed by atoms with Crippen LogP contribution in [0.1, 0.15) is 21.5 Å². The van der Waals surface area contributed by atoms with E-state index in [9.17, 15) is 18.0 Å². The minimum atomic E-state index is -4.43. The highest BCUT2D eigenvalue weighted by Gasteiger charge is 2.30. The van der Waals surface area contributed by atoms with E-state index in [2.05, 4.69) is 5.10 Å². The summed E-state index contributed by atoms with van der Waals surface area (Å²) in [7, 11) is 0. The number of carbonyl (C=O) groups is 1. The van der Waals surface area contributed by atoms with Crippen molar-refractivity contribution in [3.63, 3.8) is 0 Å². The molecule has 1 aromatic heterocycles. The van der Waals surface area contributed by atoms with Crippen molar-refractivity contribution >= 4 is 11.8 Å². The largest absolute Gasteiger partial charge is 0.477 e. The molecule has 0 saturated heterocycles. The van der Waals surface area contributed by atoms with Crippen LogP contribution in [0.4, 0.5) is 19.0 Å². The molecule has 0 fully saturated rings. The van der Waals surface area contributed by atoms with Crippen LogP contribution in [0, 0.1) is 0 Å². The van der Waals surface area contributed by atoms with Gasteiger partial charge in [-0.2, -0.15) is 18.3 Å². The normalized spacial score (nSPS) is 11.6. The van der Waals surface area contributed by atoms with E-state index in [1.807, 2.05) is 0 Å². The van der Waals surface area contributed by atoms with Crippen molar-refractivity contribution in [2.45, 2.75) is 12.7 Å². The molecule has 106 valence electrons. The lowest BCUT2D eigenvalue weighted by Gasteiger charge is -2.09. The van der Waals surface area contributed by atoms with Crippen LogP contribution in [-0.4, -0.2) is 20.9 Å². The van der Waals surface area contributed by atoms with Crippen LogP contribution >= 0.6 is 0 Å². The molecule has 0 unspecified atom stereocenters. The summed E-state index contributed by atoms with van der Waals surface area (Å²) in [4.78, 5) is 10.8. The fourth-order valence-electron chi connectivity index (χ4n) is 1.70. The molecule has 20 heavy (non-hydrogen) atoms. The van der Waals surface area contributed by atoms with Gasteiger partial charge in [-0.3, -0.25) is 0 Å². The number of hydrogen-bond donors (Lipinski definition) is 2. The SMILES string of the molecule is Nc1c(C(=O)O)cnn1Cc1cccc(C(F)(F)F)c1. The quantitative estimate of drug-likeness (QED) is 0.906. The van der Waals surface area contributed by atoms with Gasteiger partial charge in [0.25, 0.3) is 0 Å². The van der Waals surface area contributed by atoms with Crippen molar-refractivity contribution in [1.29, 1.82) is 0 Å². The van der Waals surface area contributed by atoms with E-state index in [0.29, 0.717) is 5.56 Å². The first-order valence-corrected chi connectivity index (χ1v) is 5.49. The summed E-state index contributed by atoms with van der Waals surface area (Å²) < 4.78 is 38.9. The topological polar surface area (TPSA) is 81.1 Å². The van der Waals surface area contributed by atoms with Crippen LogP contribution in [0.3, 0.4) is 0 Å². The Bertz CT molecular complexity index is 650. The van der Waals surface area contributed by atoms with Gasteiger partial charge >= 0.3 is 12.1 Å². The lowest BCUT2D eigenvalue weighted by molar-refractivity contribution is -0.137. The minimum absolute atomic E-state index is 0.0387. The lowest BCUT2D eigenvalue weighted by Crippen LogP contribution is -2.10. The first kappa shape index (κ1) is 13.9. The summed E-state index contributed by atoms with van der Waals surface area (Å²) in [6.45, 7) is -0.0387. The van der Waals surface area contributed by atoms with Gasteiger partial charge in [0.1, 0.15) is 11.4 Å². The van der Waals surface area contributed by atoms with Gasteiger partial charge in [-0.15, -0.1) is 0 Å². The maximum absolute atomic E-state index is 12.6. The number of nitrogens with two attached hydrogens (primary N) is 1. The Morgan fingerprint density at radius 1 is 1.40 bits per heavy atom. The molecule has 3 N–H and O–H groups in total. The molecule has 8 heteroatoms. The average Bonchev–Trinajstić information content (AvgIpc) is 2.70. The van der Waals surface area contributed by atoms with Crippen molar-refractivity contribution in [1.82, 2.24) is 9.78 Å². The van der Waals surface area contributed by atoms with Crippen molar-refractivity contribution in [3.05, 3.63) is 47.2 Å². The standard InChI is InChI=1S/C12H10F3N3O2/c13-12(14,15)8-3-1-2-7(4-8)6-18-10(16)9(5-17-18)11(19)20/h1-5H,6,16H2,(H,19,20). The van der Waals surface area contributed by atoms with Crippen LogP contribution in [0.2, 0.25) is 0 Å². The van der Waals surface area contributed by atoms with E-state index in [-0.39, 0.29) is 17.9 Å². The third kappa shape index (κ3) is 2.73. The Balaban J connectivity index is 2.29. The number of carboxylic acids is 1. The molecule has 1 aromatic carbocycles. The molecule has 0 aliphatic rings. The molecule has 0 atom stereocenters. The zero-order chi connectivity index (χ0) is 14.9. The van der Waals surface area contributed by atoms with Gasteiger partial charge in [-0.1, -0.05) is 12.1 Å². The number of aromatic nitrogens is 2. The van der Waals surface area contributed by atoms with E-state index in [1.54, 1.807) is 0 Å². The molecule has 0 bridgehead atoms. The number of benzene rings is 1. The Kier molecular flexibility index (Phi) is 3.39. The second-order valence-corrected chi connectivity index (χ2v) is 4.10. The summed E-state index contributed by atoms with van der Waals surface area (Å²) in [5.41, 5.74) is 4.94. The third-order valence-electron chi connectivity index (χ3n) is 2.70. The predicted molar refractivity (Wildman–Crippen MR) is 64.1 cm³/mol. The van der Waals surface area contributed by atoms with Gasteiger partial charge in [-0.25, -0.2) is 9.48 Å². The smallest absolute Gasteiger partial charge is 0.416 e. The molecule has 0 aliphatic heterocycles. The van der Waals surface area contributed by atoms with Gasteiger partial charge in [0, 0.05) is 0 Å². The predicted octanol–water partition coefficient (Wildman–Crippen LogP) is 2.23. The molecule has 2 aromatic rings. The Hall–Kier alpha value is -2.51. The molecule has 1 heterocycles. The van der Waals surface area contributed by atoms with E-state index >= 15 is 0 Å². The molecule has 0 saturated carbocycles. The highest BCUT2D eigenvalue weighted by molar-refractivity contribution is 5.92. The van der Waals surface area contributed by atoms with E-state index in [1.165, 1.54) is 12.1 Å². The fourth-order valence-corrected chi connectivity index (χ4v) is 1.70. The molecule has 5 nitrogen and oxygen atoms in total. The summed E-state index contributed by atoms with van der Waals surface area (Å²) in [6.07, 6.45) is -3.37. The number of alkyl halides is 3. The number of halogens is 3. The summed E-state index contributed by atoms with van der Waals surface area (Å²) in [5, 5.41) is 12.6. The van der Waals surface area contributed by atoms with E-state index < -0.39 is 17.7 Å². The zero-order valence-electron chi connectivity index (χ0n) is 10.1. The van der Waals surface area contributed by atoms with Crippen LogP contribution < -0.4 is 5.73 Å². The van der Waals surface area contributed by atoms with Gasteiger partial charge < -0.3 is 10.8 Å².